The number of carbonyl (C=O) groups is 2. The van der Waals surface area contributed by atoms with Crippen LogP contribution in [0.25, 0.3) is 0 Å². The van der Waals surface area contributed by atoms with Crippen LogP contribution in [0, 0.1) is 11.3 Å². The van der Waals surface area contributed by atoms with Crippen molar-refractivity contribution >= 4 is 11.9 Å². The van der Waals surface area contributed by atoms with Gasteiger partial charge in [-0.1, -0.05) is 43.2 Å². The smallest absolute Gasteiger partial charge is 0.344 e. The Morgan fingerprint density at radius 1 is 0.889 bits per heavy atom. The summed E-state index contributed by atoms with van der Waals surface area (Å²) in [5.41, 5.74) is 0.756. The van der Waals surface area contributed by atoms with E-state index in [9.17, 15) is 14.9 Å². The molecule has 3 aliphatic heterocycles. The van der Waals surface area contributed by atoms with Gasteiger partial charge in [-0.25, -0.2) is 24.7 Å². The molecule has 36 heavy (non-hydrogen) atoms. The first kappa shape index (κ1) is 25.7. The van der Waals surface area contributed by atoms with Gasteiger partial charge < -0.3 is 14.2 Å². The molecule has 1 aromatic carbocycles. The number of hydrogen-bond acceptors (Lipinski definition) is 9. The fourth-order valence-corrected chi connectivity index (χ4v) is 5.15. The Bertz CT molecular complexity index is 1030. The summed E-state index contributed by atoms with van der Waals surface area (Å²) >= 11 is 0. The molecule has 9 nitrogen and oxygen atoms in total. The zero-order valence-corrected chi connectivity index (χ0v) is 21.1. The van der Waals surface area contributed by atoms with E-state index in [4.69, 9.17) is 14.2 Å². The molecule has 0 radical (unpaired) electrons. The maximum atomic E-state index is 13.4. The molecular weight excluding hydrogens is 460 g/mol. The molecular formula is C27H34N4O5. The van der Waals surface area contributed by atoms with Crippen molar-refractivity contribution in [3.05, 3.63) is 58.5 Å². The minimum absolute atomic E-state index is 0.0736. The first-order valence-electron chi connectivity index (χ1n) is 12.6. The number of nitrogens with zero attached hydrogens (tertiary/aromatic N) is 4. The number of piperidine rings is 2. The predicted octanol–water partition coefficient (Wildman–Crippen LogP) is 3.28. The SMILES string of the molecule is COC(=O)C1=C(C#N)C(c2ccccc2)COC(N(N2CCCCC2)N2CCCCC2)=C1C(=O)OC. The van der Waals surface area contributed by atoms with Crippen molar-refractivity contribution in [2.24, 2.45) is 0 Å². The highest BCUT2D eigenvalue weighted by molar-refractivity contribution is 6.08. The van der Waals surface area contributed by atoms with E-state index in [1.54, 1.807) is 0 Å². The summed E-state index contributed by atoms with van der Waals surface area (Å²) in [7, 11) is 2.51. The Hall–Kier alpha value is -3.35. The number of benzene rings is 1. The fourth-order valence-electron chi connectivity index (χ4n) is 5.15. The molecule has 1 atom stereocenters. The van der Waals surface area contributed by atoms with Gasteiger partial charge in [0.15, 0.2) is 0 Å². The van der Waals surface area contributed by atoms with Crippen LogP contribution in [0.3, 0.4) is 0 Å². The third kappa shape index (κ3) is 5.25. The summed E-state index contributed by atoms with van der Waals surface area (Å²) in [5.74, 6) is -1.86. The van der Waals surface area contributed by atoms with Crippen LogP contribution in [-0.2, 0) is 23.8 Å². The first-order valence-corrected chi connectivity index (χ1v) is 12.6. The van der Waals surface area contributed by atoms with Crippen LogP contribution in [0.4, 0.5) is 0 Å². The molecule has 3 aliphatic rings. The Balaban J connectivity index is 1.94. The number of nitriles is 1. The average molecular weight is 495 g/mol. The lowest BCUT2D eigenvalue weighted by Gasteiger charge is -2.46. The molecule has 0 aliphatic carbocycles. The summed E-state index contributed by atoms with van der Waals surface area (Å²) in [5, 5.41) is 16.6. The summed E-state index contributed by atoms with van der Waals surface area (Å²) in [6.07, 6.45) is 6.33. The standard InChI is InChI=1S/C27H34N4O5/c1-34-26(32)23-21(18-28)22(20-12-6-3-7-13-20)19-36-25(24(23)27(33)35-2)31(29-14-8-4-9-15-29)30-16-10-5-11-17-30/h3,6-7,12-13,22H,4-5,8-11,14-17,19H2,1-2H3. The van der Waals surface area contributed by atoms with Gasteiger partial charge >= 0.3 is 11.9 Å². The number of hydrazine groups is 2. The number of ether oxygens (including phenoxy) is 3. The molecule has 1 unspecified atom stereocenters. The lowest BCUT2D eigenvalue weighted by Crippen LogP contribution is -2.56. The van der Waals surface area contributed by atoms with Crippen LogP contribution in [0.15, 0.2) is 52.9 Å². The Morgan fingerprint density at radius 2 is 1.42 bits per heavy atom. The fraction of sp³-hybridized carbons (Fsp3) is 0.519. The molecule has 2 saturated heterocycles. The van der Waals surface area contributed by atoms with Crippen molar-refractivity contribution in [3.63, 3.8) is 0 Å². The molecule has 4 rings (SSSR count). The van der Waals surface area contributed by atoms with Gasteiger partial charge in [0, 0.05) is 26.2 Å². The van der Waals surface area contributed by atoms with Gasteiger partial charge in [0.25, 0.3) is 0 Å². The summed E-state index contributed by atoms with van der Waals surface area (Å²) in [6.45, 7) is 3.26. The predicted molar refractivity (Wildman–Crippen MR) is 132 cm³/mol. The normalized spacial score (nSPS) is 21.8. The molecule has 3 heterocycles. The largest absolute Gasteiger partial charge is 0.476 e. The van der Waals surface area contributed by atoms with Crippen molar-refractivity contribution < 1.29 is 23.8 Å². The van der Waals surface area contributed by atoms with Gasteiger partial charge in [0.2, 0.25) is 5.88 Å². The van der Waals surface area contributed by atoms with Gasteiger partial charge in [0.05, 0.1) is 37.4 Å². The average Bonchev–Trinajstić information content (AvgIpc) is 3.11. The van der Waals surface area contributed by atoms with Gasteiger partial charge in [-0.05, 0) is 31.2 Å². The van der Waals surface area contributed by atoms with E-state index in [0.717, 1.165) is 70.3 Å². The number of rotatable bonds is 6. The van der Waals surface area contributed by atoms with E-state index >= 15 is 0 Å². The highest BCUT2D eigenvalue weighted by atomic mass is 16.5. The van der Waals surface area contributed by atoms with E-state index in [1.807, 2.05) is 35.4 Å². The van der Waals surface area contributed by atoms with Crippen molar-refractivity contribution in [2.75, 3.05) is 47.0 Å². The molecule has 2 fully saturated rings. The molecule has 0 amide bonds. The summed E-state index contributed by atoms with van der Waals surface area (Å²) in [4.78, 5) is 26.6. The third-order valence-corrected chi connectivity index (χ3v) is 6.95. The lowest BCUT2D eigenvalue weighted by atomic mass is 9.87. The van der Waals surface area contributed by atoms with Gasteiger partial charge in [-0.15, -0.1) is 0 Å². The maximum absolute atomic E-state index is 13.4. The molecule has 0 saturated carbocycles. The van der Waals surface area contributed by atoms with Crippen molar-refractivity contribution in [2.45, 2.75) is 44.4 Å². The van der Waals surface area contributed by atoms with Crippen LogP contribution in [0.2, 0.25) is 0 Å². The Morgan fingerprint density at radius 3 is 1.92 bits per heavy atom. The summed E-state index contributed by atoms with van der Waals surface area (Å²) < 4.78 is 16.7. The van der Waals surface area contributed by atoms with Crippen LogP contribution in [0.1, 0.15) is 50.0 Å². The van der Waals surface area contributed by atoms with E-state index < -0.39 is 17.9 Å². The molecule has 0 spiro atoms. The Labute approximate surface area is 212 Å². The number of methoxy groups -OCH3 is 2. The van der Waals surface area contributed by atoms with E-state index in [1.165, 1.54) is 14.2 Å². The zero-order valence-electron chi connectivity index (χ0n) is 21.1. The third-order valence-electron chi connectivity index (χ3n) is 6.95. The van der Waals surface area contributed by atoms with Gasteiger partial charge in [0.1, 0.15) is 12.2 Å². The Kier molecular flexibility index (Phi) is 8.62. The molecule has 0 bridgehead atoms. The topological polar surface area (TPSA) is 95.3 Å². The maximum Gasteiger partial charge on any atom is 0.344 e. The van der Waals surface area contributed by atoms with Crippen molar-refractivity contribution in [1.29, 1.82) is 5.26 Å². The van der Waals surface area contributed by atoms with E-state index in [-0.39, 0.29) is 29.2 Å². The van der Waals surface area contributed by atoms with Crippen molar-refractivity contribution in [1.82, 2.24) is 15.1 Å². The minimum atomic E-state index is -0.770. The van der Waals surface area contributed by atoms with Crippen LogP contribution < -0.4 is 0 Å². The molecule has 192 valence electrons. The second-order valence-corrected chi connectivity index (χ2v) is 9.16. The zero-order chi connectivity index (χ0) is 25.5. The quantitative estimate of drug-likeness (QED) is 0.552. The van der Waals surface area contributed by atoms with Crippen LogP contribution >= 0.6 is 0 Å². The first-order chi connectivity index (χ1) is 17.6. The van der Waals surface area contributed by atoms with Crippen LogP contribution in [-0.4, -0.2) is 74.1 Å². The second kappa shape index (κ2) is 12.1. The van der Waals surface area contributed by atoms with Gasteiger partial charge in [-0.3, -0.25) is 0 Å². The van der Waals surface area contributed by atoms with Crippen molar-refractivity contribution in [3.8, 4) is 6.07 Å². The highest BCUT2D eigenvalue weighted by Gasteiger charge is 2.41. The molecule has 0 aromatic heterocycles. The molecule has 0 N–H and O–H groups in total. The van der Waals surface area contributed by atoms with E-state index in [0.29, 0.717) is 0 Å². The number of carbonyl (C=O) groups excluding carboxylic acids is 2. The number of esters is 2. The van der Waals surface area contributed by atoms with Crippen LogP contribution in [0.5, 0.6) is 0 Å². The second-order valence-electron chi connectivity index (χ2n) is 9.16. The molecule has 9 heteroatoms. The van der Waals surface area contributed by atoms with E-state index in [2.05, 4.69) is 16.1 Å². The highest BCUT2D eigenvalue weighted by Crippen LogP contribution is 2.38. The minimum Gasteiger partial charge on any atom is -0.476 e. The monoisotopic (exact) mass is 494 g/mol. The summed E-state index contributed by atoms with van der Waals surface area (Å²) in [6, 6.07) is 11.6. The van der Waals surface area contributed by atoms with Gasteiger partial charge in [-0.2, -0.15) is 5.26 Å². The molecule has 1 aromatic rings. The number of hydrogen-bond donors (Lipinski definition) is 0. The lowest BCUT2D eigenvalue weighted by molar-refractivity contribution is -0.203.